The first kappa shape index (κ1) is 15.6. The number of aromatic nitrogens is 3. The standard InChI is InChI=1S/C16H15N5O3/c1-8(17)10-3-2-9(6-11(10)16(23)24)15(22)20-13-4-5-18-14-12(13)7-19-21-14/h2-8H,17H2,1H3,(H,23,24)(H2,18,19,20,21,22). The molecule has 0 saturated carbocycles. The predicted molar refractivity (Wildman–Crippen MR) is 87.8 cm³/mol. The second-order valence-electron chi connectivity index (χ2n) is 5.34. The highest BCUT2D eigenvalue weighted by atomic mass is 16.4. The summed E-state index contributed by atoms with van der Waals surface area (Å²) in [4.78, 5) is 27.9. The van der Waals surface area contributed by atoms with E-state index in [1.807, 2.05) is 0 Å². The molecular formula is C16H15N5O3. The van der Waals surface area contributed by atoms with Crippen molar-refractivity contribution in [2.45, 2.75) is 13.0 Å². The Bertz CT molecular complexity index is 932. The minimum absolute atomic E-state index is 0.0147. The molecule has 0 spiro atoms. The first-order valence-corrected chi connectivity index (χ1v) is 7.19. The second-order valence-corrected chi connectivity index (χ2v) is 5.34. The Balaban J connectivity index is 1.94. The molecule has 2 heterocycles. The number of carboxylic acid groups (broad SMARTS) is 1. The molecule has 3 rings (SSSR count). The van der Waals surface area contributed by atoms with Crippen LogP contribution in [-0.2, 0) is 0 Å². The lowest BCUT2D eigenvalue weighted by molar-refractivity contribution is 0.0695. The van der Waals surface area contributed by atoms with Gasteiger partial charge in [0.2, 0.25) is 0 Å². The van der Waals surface area contributed by atoms with E-state index in [1.54, 1.807) is 31.3 Å². The van der Waals surface area contributed by atoms with Crippen LogP contribution in [0.15, 0.2) is 36.7 Å². The van der Waals surface area contributed by atoms with Crippen LogP contribution in [0.3, 0.4) is 0 Å². The third-order valence-electron chi connectivity index (χ3n) is 3.64. The zero-order chi connectivity index (χ0) is 17.3. The van der Waals surface area contributed by atoms with E-state index in [-0.39, 0.29) is 11.1 Å². The van der Waals surface area contributed by atoms with Gasteiger partial charge in [0.25, 0.3) is 5.91 Å². The van der Waals surface area contributed by atoms with Crippen LogP contribution in [0, 0.1) is 0 Å². The number of aromatic carboxylic acids is 1. The summed E-state index contributed by atoms with van der Waals surface area (Å²) in [5.74, 6) is -1.56. The van der Waals surface area contributed by atoms with Crippen molar-refractivity contribution in [1.29, 1.82) is 0 Å². The summed E-state index contributed by atoms with van der Waals surface area (Å²) < 4.78 is 0. The molecular weight excluding hydrogens is 310 g/mol. The number of nitrogens with one attached hydrogen (secondary N) is 2. The van der Waals surface area contributed by atoms with Crippen LogP contribution in [0.1, 0.15) is 39.2 Å². The molecule has 24 heavy (non-hydrogen) atoms. The monoisotopic (exact) mass is 325 g/mol. The first-order chi connectivity index (χ1) is 11.5. The van der Waals surface area contributed by atoms with E-state index >= 15 is 0 Å². The summed E-state index contributed by atoms with van der Waals surface area (Å²) in [6.07, 6.45) is 3.10. The number of H-pyrrole nitrogens is 1. The number of carbonyl (C=O) groups is 2. The highest BCUT2D eigenvalue weighted by Gasteiger charge is 2.17. The maximum atomic E-state index is 12.4. The number of carboxylic acids is 1. The van der Waals surface area contributed by atoms with Crippen LogP contribution in [0.4, 0.5) is 5.69 Å². The summed E-state index contributed by atoms with van der Waals surface area (Å²) in [7, 11) is 0. The van der Waals surface area contributed by atoms with Crippen molar-refractivity contribution in [1.82, 2.24) is 15.2 Å². The van der Waals surface area contributed by atoms with Crippen LogP contribution in [0.25, 0.3) is 11.0 Å². The van der Waals surface area contributed by atoms with Crippen molar-refractivity contribution in [3.8, 4) is 0 Å². The van der Waals surface area contributed by atoms with E-state index in [4.69, 9.17) is 5.73 Å². The lowest BCUT2D eigenvalue weighted by atomic mass is 9.99. The van der Waals surface area contributed by atoms with Crippen molar-refractivity contribution in [3.63, 3.8) is 0 Å². The fraction of sp³-hybridized carbons (Fsp3) is 0.125. The first-order valence-electron chi connectivity index (χ1n) is 7.19. The van der Waals surface area contributed by atoms with Gasteiger partial charge in [-0.15, -0.1) is 0 Å². The van der Waals surface area contributed by atoms with Gasteiger partial charge in [0.1, 0.15) is 0 Å². The minimum atomic E-state index is -1.13. The maximum absolute atomic E-state index is 12.4. The van der Waals surface area contributed by atoms with Gasteiger partial charge in [-0.1, -0.05) is 6.07 Å². The van der Waals surface area contributed by atoms with Crippen molar-refractivity contribution in [2.75, 3.05) is 5.32 Å². The molecule has 3 aromatic rings. The average molecular weight is 325 g/mol. The van der Waals surface area contributed by atoms with Gasteiger partial charge in [-0.3, -0.25) is 9.89 Å². The summed E-state index contributed by atoms with van der Waals surface area (Å²) in [5.41, 5.74) is 7.57. The van der Waals surface area contributed by atoms with Crippen LogP contribution < -0.4 is 11.1 Å². The molecule has 0 aliphatic carbocycles. The number of hydrogen-bond acceptors (Lipinski definition) is 5. The van der Waals surface area contributed by atoms with Gasteiger partial charge in [0, 0.05) is 17.8 Å². The Morgan fingerprint density at radius 1 is 1.33 bits per heavy atom. The fourth-order valence-corrected chi connectivity index (χ4v) is 2.43. The number of fused-ring (bicyclic) bond motifs is 1. The van der Waals surface area contributed by atoms with E-state index in [1.165, 1.54) is 12.3 Å². The van der Waals surface area contributed by atoms with Gasteiger partial charge in [-0.25, -0.2) is 9.78 Å². The Hall–Kier alpha value is -3.26. The normalized spacial score (nSPS) is 12.1. The van der Waals surface area contributed by atoms with E-state index in [9.17, 15) is 14.7 Å². The molecule has 1 atom stereocenters. The molecule has 0 aliphatic rings. The number of nitrogens with zero attached hydrogens (tertiary/aromatic N) is 2. The fourth-order valence-electron chi connectivity index (χ4n) is 2.43. The number of hydrogen-bond donors (Lipinski definition) is 4. The molecule has 1 aromatic carbocycles. The Morgan fingerprint density at radius 3 is 2.83 bits per heavy atom. The summed E-state index contributed by atoms with van der Waals surface area (Å²) in [6, 6.07) is 5.63. The Morgan fingerprint density at radius 2 is 2.12 bits per heavy atom. The van der Waals surface area contributed by atoms with Crippen LogP contribution in [0.2, 0.25) is 0 Å². The third-order valence-corrected chi connectivity index (χ3v) is 3.64. The Kier molecular flexibility index (Phi) is 3.97. The topological polar surface area (TPSA) is 134 Å². The minimum Gasteiger partial charge on any atom is -0.478 e. The SMILES string of the molecule is CC(N)c1ccc(C(=O)Nc2ccnc3[nH]ncc23)cc1C(=O)O. The molecule has 8 nitrogen and oxygen atoms in total. The van der Waals surface area contributed by atoms with E-state index in [0.29, 0.717) is 22.3 Å². The molecule has 2 aromatic heterocycles. The molecule has 1 unspecified atom stereocenters. The van der Waals surface area contributed by atoms with Gasteiger partial charge in [0.15, 0.2) is 5.65 Å². The highest BCUT2D eigenvalue weighted by molar-refractivity contribution is 6.09. The van der Waals surface area contributed by atoms with Crippen LogP contribution in [0.5, 0.6) is 0 Å². The molecule has 8 heteroatoms. The average Bonchev–Trinajstić information content (AvgIpc) is 3.03. The van der Waals surface area contributed by atoms with Crippen molar-refractivity contribution in [2.24, 2.45) is 5.73 Å². The van der Waals surface area contributed by atoms with E-state index in [2.05, 4.69) is 20.5 Å². The summed E-state index contributed by atoms with van der Waals surface area (Å²) >= 11 is 0. The van der Waals surface area contributed by atoms with Gasteiger partial charge >= 0.3 is 5.97 Å². The molecule has 0 aliphatic heterocycles. The van der Waals surface area contributed by atoms with E-state index < -0.39 is 17.9 Å². The molecule has 0 fully saturated rings. The zero-order valence-corrected chi connectivity index (χ0v) is 12.8. The number of pyridine rings is 1. The number of carbonyl (C=O) groups excluding carboxylic acids is 1. The largest absolute Gasteiger partial charge is 0.478 e. The summed E-state index contributed by atoms with van der Waals surface area (Å²) in [5, 5.41) is 19.3. The smallest absolute Gasteiger partial charge is 0.336 e. The molecule has 5 N–H and O–H groups in total. The second kappa shape index (κ2) is 6.09. The lowest BCUT2D eigenvalue weighted by Gasteiger charge is -2.12. The maximum Gasteiger partial charge on any atom is 0.336 e. The zero-order valence-electron chi connectivity index (χ0n) is 12.8. The quantitative estimate of drug-likeness (QED) is 0.579. The van der Waals surface area contributed by atoms with Gasteiger partial charge in [0.05, 0.1) is 22.8 Å². The third kappa shape index (κ3) is 2.82. The van der Waals surface area contributed by atoms with Crippen molar-refractivity contribution < 1.29 is 14.7 Å². The number of nitrogens with two attached hydrogens (primary N) is 1. The molecule has 1 amide bonds. The summed E-state index contributed by atoms with van der Waals surface area (Å²) in [6.45, 7) is 1.69. The molecule has 0 saturated heterocycles. The predicted octanol–water partition coefficient (Wildman–Crippen LogP) is 1.93. The Labute approximate surface area is 136 Å². The number of anilines is 1. The number of rotatable bonds is 4. The van der Waals surface area contributed by atoms with Crippen LogP contribution in [-0.4, -0.2) is 32.2 Å². The number of amides is 1. The van der Waals surface area contributed by atoms with Gasteiger partial charge in [-0.05, 0) is 30.7 Å². The van der Waals surface area contributed by atoms with Crippen molar-refractivity contribution in [3.05, 3.63) is 53.3 Å². The highest BCUT2D eigenvalue weighted by Crippen LogP contribution is 2.22. The van der Waals surface area contributed by atoms with Gasteiger partial charge in [-0.2, -0.15) is 5.10 Å². The van der Waals surface area contributed by atoms with E-state index in [0.717, 1.165) is 0 Å². The number of aromatic amines is 1. The van der Waals surface area contributed by atoms with Crippen molar-refractivity contribution >= 4 is 28.6 Å². The molecule has 122 valence electrons. The van der Waals surface area contributed by atoms with Gasteiger partial charge < -0.3 is 16.2 Å². The number of benzene rings is 1. The molecule has 0 bridgehead atoms. The molecule has 0 radical (unpaired) electrons. The van der Waals surface area contributed by atoms with Crippen LogP contribution >= 0.6 is 0 Å². The lowest BCUT2D eigenvalue weighted by Crippen LogP contribution is -2.16.